The summed E-state index contributed by atoms with van der Waals surface area (Å²) in [6.07, 6.45) is 6.18. The third-order valence-corrected chi connectivity index (χ3v) is 9.11. The maximum Gasteiger partial charge on any atom is 0.248 e. The Morgan fingerprint density at radius 2 is 1.92 bits per heavy atom. The number of aliphatic hydroxyl groups excluding tert-OH is 2. The van der Waals surface area contributed by atoms with Crippen LogP contribution in [0.5, 0.6) is 0 Å². The molecule has 4 aliphatic carbocycles. The smallest absolute Gasteiger partial charge is 0.248 e. The summed E-state index contributed by atoms with van der Waals surface area (Å²) in [5.41, 5.74) is 5.54. The van der Waals surface area contributed by atoms with Crippen LogP contribution in [0.4, 0.5) is 0 Å². The third-order valence-electron chi connectivity index (χ3n) is 9.11. The van der Waals surface area contributed by atoms with E-state index >= 15 is 0 Å². The van der Waals surface area contributed by atoms with Crippen LogP contribution in [-0.2, 0) is 9.53 Å². The van der Waals surface area contributed by atoms with Gasteiger partial charge in [-0.3, -0.25) is 4.79 Å². The Bertz CT molecular complexity index is 689. The van der Waals surface area contributed by atoms with Gasteiger partial charge >= 0.3 is 0 Å². The van der Waals surface area contributed by atoms with Crippen LogP contribution in [0.25, 0.3) is 0 Å². The number of primary amides is 1. The first kappa shape index (κ1) is 16.1. The van der Waals surface area contributed by atoms with Crippen LogP contribution in [0.15, 0.2) is 11.3 Å². The summed E-state index contributed by atoms with van der Waals surface area (Å²) < 4.78 is 6.11. The van der Waals surface area contributed by atoms with Gasteiger partial charge in [0.15, 0.2) is 0 Å². The second kappa shape index (κ2) is 4.61. The van der Waals surface area contributed by atoms with Crippen LogP contribution >= 0.6 is 0 Å². The molecule has 0 unspecified atom stereocenters. The molecule has 4 N–H and O–H groups in total. The Morgan fingerprint density at radius 1 is 1.16 bits per heavy atom. The molecule has 1 spiro atoms. The highest BCUT2D eigenvalue weighted by Crippen LogP contribution is 2.73. The number of fused-ring (bicyclic) bond motifs is 4. The summed E-state index contributed by atoms with van der Waals surface area (Å²) in [6, 6.07) is 0. The number of aliphatic hydroxyl groups is 2. The lowest BCUT2D eigenvalue weighted by Crippen LogP contribution is -2.58. The number of rotatable bonds is 1. The molecule has 5 nitrogen and oxygen atoms in total. The van der Waals surface area contributed by atoms with Crippen LogP contribution in [-0.4, -0.2) is 33.9 Å². The zero-order valence-corrected chi connectivity index (χ0v) is 15.1. The minimum Gasteiger partial charge on any atom is -0.509 e. The molecule has 138 valence electrons. The van der Waals surface area contributed by atoms with E-state index < -0.39 is 5.91 Å². The minimum absolute atomic E-state index is 0.0466. The summed E-state index contributed by atoms with van der Waals surface area (Å²) in [7, 11) is 0. The normalized spacial score (nSPS) is 56.5. The first-order valence-corrected chi connectivity index (χ1v) is 9.82. The van der Waals surface area contributed by atoms with Gasteiger partial charge in [0.25, 0.3) is 0 Å². The van der Waals surface area contributed by atoms with Crippen molar-refractivity contribution in [3.05, 3.63) is 11.3 Å². The molecule has 1 saturated heterocycles. The number of amides is 1. The van der Waals surface area contributed by atoms with Gasteiger partial charge in [-0.2, -0.15) is 0 Å². The SMILES string of the molecule is C[C@]12CC[C@H]3[C@@H](CC[C@@]45O[C@@H]4C(O)=C(C(N)=O)C[C@]35C)[C@@H]1CC[C@@H]2O. The van der Waals surface area contributed by atoms with E-state index in [0.717, 1.165) is 38.5 Å². The van der Waals surface area contributed by atoms with Crippen molar-refractivity contribution in [2.75, 3.05) is 0 Å². The molecule has 0 radical (unpaired) electrons. The van der Waals surface area contributed by atoms with E-state index in [2.05, 4.69) is 13.8 Å². The Kier molecular flexibility index (Phi) is 2.97. The predicted octanol–water partition coefficient (Wildman–Crippen LogP) is 2.43. The second-order valence-corrected chi connectivity index (χ2v) is 9.76. The fourth-order valence-electron chi connectivity index (χ4n) is 7.62. The van der Waals surface area contributed by atoms with Crippen molar-refractivity contribution in [3.8, 4) is 0 Å². The van der Waals surface area contributed by atoms with Gasteiger partial charge in [-0.25, -0.2) is 0 Å². The molecule has 25 heavy (non-hydrogen) atoms. The van der Waals surface area contributed by atoms with Crippen molar-refractivity contribution >= 4 is 5.91 Å². The predicted molar refractivity (Wildman–Crippen MR) is 91.5 cm³/mol. The molecule has 0 aromatic carbocycles. The van der Waals surface area contributed by atoms with E-state index in [1.807, 2.05) is 0 Å². The first-order valence-electron chi connectivity index (χ1n) is 9.82. The van der Waals surface area contributed by atoms with E-state index in [9.17, 15) is 15.0 Å². The highest BCUT2D eigenvalue weighted by molar-refractivity contribution is 5.93. The molecule has 5 aliphatic rings. The Hall–Kier alpha value is -1.07. The number of carbonyl (C=O) groups excluding carboxylic acids is 1. The van der Waals surface area contributed by atoms with Crippen molar-refractivity contribution in [3.63, 3.8) is 0 Å². The zero-order chi connectivity index (χ0) is 17.8. The standard InChI is InChI=1S/C20H29NO4/c1-18-7-6-13-10(12(18)3-4-14(18)22)5-8-20-16(25-20)15(23)11(17(21)24)9-19(13,20)2/h10,12-14,16,22-23H,3-9H2,1-2H3,(H2,21,24)/t10-,12-,13-,14-,16+,18-,19+,20+/m0/s1. The summed E-state index contributed by atoms with van der Waals surface area (Å²) >= 11 is 0. The summed E-state index contributed by atoms with van der Waals surface area (Å²) in [4.78, 5) is 11.9. The van der Waals surface area contributed by atoms with Gasteiger partial charge in [0.05, 0.1) is 11.7 Å². The highest BCUT2D eigenvalue weighted by atomic mass is 16.6. The van der Waals surface area contributed by atoms with Crippen LogP contribution in [0.3, 0.4) is 0 Å². The molecule has 1 aliphatic heterocycles. The topological polar surface area (TPSA) is 96.1 Å². The maximum atomic E-state index is 11.9. The largest absolute Gasteiger partial charge is 0.509 e. The molecule has 5 rings (SSSR count). The number of nitrogens with two attached hydrogens (primary N) is 1. The summed E-state index contributed by atoms with van der Waals surface area (Å²) in [6.45, 7) is 4.53. The molecule has 1 heterocycles. The molecule has 1 amide bonds. The number of hydrogen-bond acceptors (Lipinski definition) is 4. The van der Waals surface area contributed by atoms with Gasteiger partial charge in [0.2, 0.25) is 5.91 Å². The lowest BCUT2D eigenvalue weighted by molar-refractivity contribution is -0.123. The Morgan fingerprint density at radius 3 is 2.64 bits per heavy atom. The second-order valence-electron chi connectivity index (χ2n) is 9.76. The lowest BCUT2D eigenvalue weighted by atomic mass is 9.45. The Balaban J connectivity index is 1.54. The molecule has 5 heteroatoms. The highest BCUT2D eigenvalue weighted by Gasteiger charge is 2.76. The van der Waals surface area contributed by atoms with Gasteiger partial charge in [-0.1, -0.05) is 13.8 Å². The van der Waals surface area contributed by atoms with Gasteiger partial charge in [0, 0.05) is 5.41 Å². The summed E-state index contributed by atoms with van der Waals surface area (Å²) in [5.74, 6) is 1.18. The van der Waals surface area contributed by atoms with Gasteiger partial charge in [-0.05, 0) is 68.1 Å². The van der Waals surface area contributed by atoms with Crippen LogP contribution < -0.4 is 5.73 Å². The van der Waals surface area contributed by atoms with Crippen LogP contribution in [0.1, 0.15) is 58.8 Å². The van der Waals surface area contributed by atoms with Crippen LogP contribution in [0, 0.1) is 28.6 Å². The average Bonchev–Trinajstić information content (AvgIpc) is 3.23. The molecule has 3 saturated carbocycles. The fraction of sp³-hybridized carbons (Fsp3) is 0.850. The third kappa shape index (κ3) is 1.70. The van der Waals surface area contributed by atoms with E-state index in [-0.39, 0.29) is 34.4 Å². The Labute approximate surface area is 148 Å². The molecule has 0 aromatic heterocycles. The molecule has 4 fully saturated rings. The van der Waals surface area contributed by atoms with Crippen molar-refractivity contribution < 1.29 is 19.7 Å². The van der Waals surface area contributed by atoms with E-state index in [4.69, 9.17) is 10.5 Å². The fourth-order valence-corrected chi connectivity index (χ4v) is 7.62. The van der Waals surface area contributed by atoms with E-state index in [1.165, 1.54) is 0 Å². The van der Waals surface area contributed by atoms with Gasteiger partial charge < -0.3 is 20.7 Å². The maximum absolute atomic E-state index is 11.9. The van der Waals surface area contributed by atoms with Crippen LogP contribution in [0.2, 0.25) is 0 Å². The number of hydrogen-bond donors (Lipinski definition) is 3. The van der Waals surface area contributed by atoms with Gasteiger partial charge in [-0.15, -0.1) is 0 Å². The molecular formula is C20H29NO4. The summed E-state index contributed by atoms with van der Waals surface area (Å²) in [5, 5.41) is 21.0. The monoisotopic (exact) mass is 347 g/mol. The molecule has 8 atom stereocenters. The minimum atomic E-state index is -0.512. The zero-order valence-electron chi connectivity index (χ0n) is 15.1. The number of epoxide rings is 1. The number of ether oxygens (including phenoxy) is 1. The molecule has 0 aromatic rings. The van der Waals surface area contributed by atoms with Gasteiger partial charge in [0.1, 0.15) is 17.5 Å². The quantitative estimate of drug-likeness (QED) is 0.635. The average molecular weight is 347 g/mol. The lowest BCUT2D eigenvalue weighted by Gasteiger charge is -2.59. The van der Waals surface area contributed by atoms with Crippen molar-refractivity contribution in [2.24, 2.45) is 34.3 Å². The molecule has 0 bridgehead atoms. The number of carbonyl (C=O) groups is 1. The van der Waals surface area contributed by atoms with E-state index in [1.54, 1.807) is 0 Å². The molecular weight excluding hydrogens is 318 g/mol. The first-order chi connectivity index (χ1) is 11.7. The van der Waals surface area contributed by atoms with Crippen molar-refractivity contribution in [1.82, 2.24) is 0 Å². The van der Waals surface area contributed by atoms with E-state index in [0.29, 0.717) is 29.7 Å². The van der Waals surface area contributed by atoms with Crippen molar-refractivity contribution in [1.29, 1.82) is 0 Å². The van der Waals surface area contributed by atoms with Crippen molar-refractivity contribution in [2.45, 2.75) is 76.6 Å².